The monoisotopic (exact) mass is 930 g/mol. The highest BCUT2D eigenvalue weighted by molar-refractivity contribution is 5.80. The fourth-order valence-corrected chi connectivity index (χ4v) is 9.64. The van der Waals surface area contributed by atoms with Crippen LogP contribution in [0.15, 0.2) is 24.3 Å². The smallest absolute Gasteiger partial charge is 0.249 e. The van der Waals surface area contributed by atoms with Crippen LogP contribution in [0.2, 0.25) is 0 Å². The van der Waals surface area contributed by atoms with Crippen LogP contribution >= 0.6 is 0 Å². The molecule has 0 heterocycles. The largest absolute Gasteiger partial charge is 0.394 e. The van der Waals surface area contributed by atoms with Crippen LogP contribution in [0.4, 0.5) is 0 Å². The van der Waals surface area contributed by atoms with Crippen LogP contribution in [-0.4, -0.2) is 46.1 Å². The lowest BCUT2D eigenvalue weighted by Gasteiger charge is -2.23. The molecule has 3 unspecified atom stereocenters. The van der Waals surface area contributed by atoms with E-state index in [1.807, 2.05) is 0 Å². The Morgan fingerprint density at radius 2 is 0.621 bits per heavy atom. The lowest BCUT2D eigenvalue weighted by Crippen LogP contribution is -2.49. The molecular weight excluding hydrogens is 811 g/mol. The predicted octanol–water partition coefficient (Wildman–Crippen LogP) is 18.8. The van der Waals surface area contributed by atoms with Crippen molar-refractivity contribution in [2.24, 2.45) is 0 Å². The number of hydrogen-bond acceptors (Lipinski definition) is 4. The number of aliphatic hydroxyl groups excluding tert-OH is 3. The van der Waals surface area contributed by atoms with Crippen molar-refractivity contribution in [3.8, 4) is 0 Å². The summed E-state index contributed by atoms with van der Waals surface area (Å²) in [4.78, 5) is 12.6. The third-order valence-electron chi connectivity index (χ3n) is 14.3. The van der Waals surface area contributed by atoms with Gasteiger partial charge in [-0.1, -0.05) is 314 Å². The van der Waals surface area contributed by atoms with Gasteiger partial charge in [-0.2, -0.15) is 0 Å². The van der Waals surface area contributed by atoms with E-state index in [0.29, 0.717) is 12.8 Å². The molecule has 0 fully saturated rings. The van der Waals surface area contributed by atoms with Gasteiger partial charge in [-0.15, -0.1) is 0 Å². The molecule has 3 atom stereocenters. The van der Waals surface area contributed by atoms with E-state index >= 15 is 0 Å². The Bertz CT molecular complexity index is 982. The van der Waals surface area contributed by atoms with Gasteiger partial charge < -0.3 is 20.6 Å². The van der Waals surface area contributed by atoms with Gasteiger partial charge in [0.1, 0.15) is 6.10 Å². The van der Waals surface area contributed by atoms with Crippen LogP contribution in [0.25, 0.3) is 0 Å². The highest BCUT2D eigenvalue weighted by atomic mass is 16.3. The molecule has 5 nitrogen and oxygen atoms in total. The zero-order chi connectivity index (χ0) is 47.9. The number of unbranched alkanes of at least 4 members (excludes halogenated alkanes) is 44. The molecule has 0 aromatic rings. The zero-order valence-corrected chi connectivity index (χ0v) is 44.9. The average molecular weight is 931 g/mol. The number of allylic oxidation sites excluding steroid dienone is 4. The van der Waals surface area contributed by atoms with Crippen molar-refractivity contribution in [2.75, 3.05) is 6.61 Å². The summed E-state index contributed by atoms with van der Waals surface area (Å²) in [7, 11) is 0. The number of amides is 1. The van der Waals surface area contributed by atoms with Gasteiger partial charge in [0.05, 0.1) is 18.8 Å². The Morgan fingerprint density at radius 3 is 0.909 bits per heavy atom. The van der Waals surface area contributed by atoms with Gasteiger partial charge >= 0.3 is 0 Å². The van der Waals surface area contributed by atoms with Gasteiger partial charge in [0.25, 0.3) is 0 Å². The number of carbonyl (C=O) groups excluding carboxylic acids is 1. The minimum absolute atomic E-state index is 0.310. The maximum absolute atomic E-state index is 12.6. The molecule has 1 amide bonds. The van der Waals surface area contributed by atoms with Crippen LogP contribution < -0.4 is 5.32 Å². The first-order valence-corrected chi connectivity index (χ1v) is 30.1. The van der Waals surface area contributed by atoms with Crippen LogP contribution in [0.5, 0.6) is 0 Å². The molecule has 66 heavy (non-hydrogen) atoms. The van der Waals surface area contributed by atoms with Crippen LogP contribution in [0.1, 0.15) is 335 Å². The molecule has 0 bridgehead atoms. The molecule has 0 saturated heterocycles. The average Bonchev–Trinajstić information content (AvgIpc) is 3.32. The van der Waals surface area contributed by atoms with Crippen molar-refractivity contribution < 1.29 is 20.1 Å². The Balaban J connectivity index is 3.51. The highest BCUT2D eigenvalue weighted by Crippen LogP contribution is 2.18. The summed E-state index contributed by atoms with van der Waals surface area (Å²) in [6.45, 7) is 4.27. The fraction of sp³-hybridized carbons (Fsp3) is 0.918. The van der Waals surface area contributed by atoms with Crippen molar-refractivity contribution in [3.05, 3.63) is 24.3 Å². The molecule has 0 aromatic heterocycles. The van der Waals surface area contributed by atoms with Crippen LogP contribution in [-0.2, 0) is 4.79 Å². The van der Waals surface area contributed by atoms with Gasteiger partial charge in [-0.25, -0.2) is 0 Å². The van der Waals surface area contributed by atoms with Gasteiger partial charge in [0.15, 0.2) is 0 Å². The molecule has 0 aliphatic carbocycles. The molecule has 4 N–H and O–H groups in total. The Hall–Kier alpha value is -1.17. The van der Waals surface area contributed by atoms with E-state index in [1.165, 1.54) is 270 Å². The standard InChI is InChI=1S/C61H119NO4/c1-3-5-7-9-11-13-15-17-19-21-23-25-27-28-29-30-31-32-33-34-36-38-40-42-44-46-48-50-52-54-56-60(65)61(66)62-58(57-63)59(64)55-53-51-49-47-45-43-41-39-37-35-26-24-22-20-18-16-14-12-10-8-6-4-2/h23,25,28-29,58-60,63-65H,3-22,24,26-27,30-57H2,1-2H3,(H,62,66)/b25-23-,29-28-. The van der Waals surface area contributed by atoms with Gasteiger partial charge in [0, 0.05) is 0 Å². The van der Waals surface area contributed by atoms with Crippen LogP contribution in [0, 0.1) is 0 Å². The minimum Gasteiger partial charge on any atom is -0.394 e. The minimum atomic E-state index is -1.08. The molecule has 0 aliphatic rings. The van der Waals surface area contributed by atoms with E-state index in [9.17, 15) is 20.1 Å². The SMILES string of the molecule is CCCCCCCCCCC/C=C\C/C=C\CCCCCCCCCCCCCCCCC(O)C(=O)NC(CO)C(O)CCCCCCCCCCCCCCCCCCCCCCCC. The Morgan fingerprint density at radius 1 is 0.364 bits per heavy atom. The van der Waals surface area contributed by atoms with Crippen molar-refractivity contribution in [1.29, 1.82) is 0 Å². The van der Waals surface area contributed by atoms with Gasteiger partial charge in [-0.3, -0.25) is 4.79 Å². The van der Waals surface area contributed by atoms with E-state index < -0.39 is 24.2 Å². The summed E-state index contributed by atoms with van der Waals surface area (Å²) in [5, 5.41) is 33.6. The summed E-state index contributed by atoms with van der Waals surface area (Å²) < 4.78 is 0. The lowest BCUT2D eigenvalue weighted by molar-refractivity contribution is -0.131. The molecule has 5 heteroatoms. The first-order chi connectivity index (χ1) is 32.6. The topological polar surface area (TPSA) is 89.8 Å². The third kappa shape index (κ3) is 50.7. The number of carbonyl (C=O) groups is 1. The number of aliphatic hydroxyl groups is 3. The zero-order valence-electron chi connectivity index (χ0n) is 44.9. The first kappa shape index (κ1) is 64.8. The van der Waals surface area contributed by atoms with E-state index in [4.69, 9.17) is 0 Å². The summed E-state index contributed by atoms with van der Waals surface area (Å²) in [6.07, 6.45) is 72.4. The van der Waals surface area contributed by atoms with Gasteiger partial charge in [-0.05, 0) is 44.9 Å². The molecule has 0 rings (SSSR count). The molecule has 0 radical (unpaired) electrons. The summed E-state index contributed by atoms with van der Waals surface area (Å²) in [5.41, 5.74) is 0. The summed E-state index contributed by atoms with van der Waals surface area (Å²) >= 11 is 0. The Kier molecular flexibility index (Phi) is 55.4. The predicted molar refractivity (Wildman–Crippen MR) is 292 cm³/mol. The molecule has 0 spiro atoms. The van der Waals surface area contributed by atoms with Crippen LogP contribution in [0.3, 0.4) is 0 Å². The number of hydrogen-bond donors (Lipinski definition) is 4. The maximum Gasteiger partial charge on any atom is 0.249 e. The quantitative estimate of drug-likeness (QED) is 0.0361. The second kappa shape index (κ2) is 56.4. The third-order valence-corrected chi connectivity index (χ3v) is 14.3. The lowest BCUT2D eigenvalue weighted by atomic mass is 10.0. The summed E-state index contributed by atoms with van der Waals surface area (Å²) in [5.74, 6) is -0.465. The number of rotatable bonds is 56. The molecule has 0 aromatic carbocycles. The van der Waals surface area contributed by atoms with Crippen molar-refractivity contribution in [2.45, 2.75) is 353 Å². The Labute approximate surface area is 413 Å². The summed E-state index contributed by atoms with van der Waals surface area (Å²) in [6, 6.07) is -0.712. The van der Waals surface area contributed by atoms with Crippen molar-refractivity contribution >= 4 is 5.91 Å². The second-order valence-electron chi connectivity index (χ2n) is 20.9. The van der Waals surface area contributed by atoms with Crippen molar-refractivity contribution in [3.63, 3.8) is 0 Å². The second-order valence-corrected chi connectivity index (χ2v) is 20.9. The highest BCUT2D eigenvalue weighted by Gasteiger charge is 2.23. The normalized spacial score (nSPS) is 13.3. The van der Waals surface area contributed by atoms with E-state index in [-0.39, 0.29) is 6.61 Å². The van der Waals surface area contributed by atoms with E-state index in [0.717, 1.165) is 38.5 Å². The van der Waals surface area contributed by atoms with E-state index in [1.54, 1.807) is 0 Å². The molecule has 0 aliphatic heterocycles. The molecule has 0 saturated carbocycles. The maximum atomic E-state index is 12.6. The van der Waals surface area contributed by atoms with E-state index in [2.05, 4.69) is 43.5 Å². The number of nitrogens with one attached hydrogen (secondary N) is 1. The van der Waals surface area contributed by atoms with Gasteiger partial charge in [0.2, 0.25) is 5.91 Å². The first-order valence-electron chi connectivity index (χ1n) is 30.1. The molecular formula is C61H119NO4. The van der Waals surface area contributed by atoms with Crippen molar-refractivity contribution in [1.82, 2.24) is 5.32 Å². The fourth-order valence-electron chi connectivity index (χ4n) is 9.64. The molecule has 392 valence electrons.